The Labute approximate surface area is 172 Å². The molecule has 0 amide bonds. The zero-order chi connectivity index (χ0) is 19.5. The van der Waals surface area contributed by atoms with E-state index in [1.165, 1.54) is 11.1 Å². The van der Waals surface area contributed by atoms with Crippen LogP contribution in [0.5, 0.6) is 0 Å². The van der Waals surface area contributed by atoms with E-state index in [0.29, 0.717) is 0 Å². The molecule has 1 N–H and O–H groups in total. The number of aliphatic hydroxyl groups is 1. The molecule has 0 aliphatic carbocycles. The molecular formula is C26H26N2O. The minimum atomic E-state index is -0.989. The predicted molar refractivity (Wildman–Crippen MR) is 115 cm³/mol. The highest BCUT2D eigenvalue weighted by atomic mass is 16.3. The van der Waals surface area contributed by atoms with E-state index in [2.05, 4.69) is 94.7 Å². The number of benzene rings is 3. The number of hydrogen-bond donors (Lipinski definition) is 1. The molecule has 4 heterocycles. The lowest BCUT2D eigenvalue weighted by atomic mass is 9.46. The molecule has 0 radical (unpaired) electrons. The van der Waals surface area contributed by atoms with Gasteiger partial charge in [-0.15, -0.1) is 0 Å². The van der Waals surface area contributed by atoms with E-state index in [-0.39, 0.29) is 10.8 Å². The van der Waals surface area contributed by atoms with Crippen molar-refractivity contribution < 1.29 is 5.11 Å². The number of rotatable bonds is 3. The lowest BCUT2D eigenvalue weighted by Gasteiger charge is -2.72. The number of hydrogen-bond acceptors (Lipinski definition) is 3. The molecule has 3 nitrogen and oxygen atoms in total. The summed E-state index contributed by atoms with van der Waals surface area (Å²) in [6, 6.07) is 31.8. The van der Waals surface area contributed by atoms with Crippen LogP contribution in [0.4, 0.5) is 0 Å². The predicted octanol–water partition coefficient (Wildman–Crippen LogP) is 3.35. The minimum absolute atomic E-state index is 0.375. The quantitative estimate of drug-likeness (QED) is 0.753. The van der Waals surface area contributed by atoms with Crippen molar-refractivity contribution in [3.05, 3.63) is 108 Å². The average Bonchev–Trinajstić information content (AvgIpc) is 2.78. The molecule has 0 spiro atoms. The standard InChI is InChI=1S/C26H26N2O/c29-26(23-14-8-3-9-15-23)24(21-10-4-1-5-11-21)16-27-18-25(26,19-28(17-24)20-27)22-12-6-2-7-13-22/h1-15,29H,16-20H2. The van der Waals surface area contributed by atoms with Crippen molar-refractivity contribution in [1.82, 2.24) is 9.80 Å². The maximum absolute atomic E-state index is 13.0. The fourth-order valence-electron chi connectivity index (χ4n) is 6.67. The highest BCUT2D eigenvalue weighted by molar-refractivity contribution is 5.50. The molecule has 0 aromatic heterocycles. The normalized spacial score (nSPS) is 37.6. The van der Waals surface area contributed by atoms with Gasteiger partial charge < -0.3 is 5.11 Å². The zero-order valence-corrected chi connectivity index (χ0v) is 16.5. The first kappa shape index (κ1) is 17.4. The molecule has 4 aliphatic heterocycles. The number of piperidine rings is 2. The van der Waals surface area contributed by atoms with Gasteiger partial charge >= 0.3 is 0 Å². The second-order valence-corrected chi connectivity index (χ2v) is 9.09. The third-order valence-electron chi connectivity index (χ3n) is 7.60. The molecule has 3 aromatic rings. The Bertz CT molecular complexity index is 945. The third-order valence-corrected chi connectivity index (χ3v) is 7.60. The Morgan fingerprint density at radius 1 is 0.517 bits per heavy atom. The van der Waals surface area contributed by atoms with Crippen LogP contribution in [0.1, 0.15) is 16.7 Å². The summed E-state index contributed by atoms with van der Waals surface area (Å²) in [6.45, 7) is 4.52. The van der Waals surface area contributed by atoms with Gasteiger partial charge in [0.25, 0.3) is 0 Å². The lowest BCUT2D eigenvalue weighted by molar-refractivity contribution is -0.243. The van der Waals surface area contributed by atoms with Crippen molar-refractivity contribution >= 4 is 0 Å². The molecule has 29 heavy (non-hydrogen) atoms. The Balaban J connectivity index is 1.69. The van der Waals surface area contributed by atoms with Gasteiger partial charge in [-0.25, -0.2) is 0 Å². The van der Waals surface area contributed by atoms with E-state index in [4.69, 9.17) is 0 Å². The topological polar surface area (TPSA) is 26.7 Å². The second kappa shape index (κ2) is 6.02. The third kappa shape index (κ3) is 2.13. The van der Waals surface area contributed by atoms with Crippen LogP contribution in [0.25, 0.3) is 0 Å². The van der Waals surface area contributed by atoms with Crippen LogP contribution in [-0.2, 0) is 16.4 Å². The summed E-state index contributed by atoms with van der Waals surface area (Å²) in [5, 5.41) is 13.0. The first-order valence-electron chi connectivity index (χ1n) is 10.5. The van der Waals surface area contributed by atoms with Crippen LogP contribution in [0, 0.1) is 0 Å². The van der Waals surface area contributed by atoms with E-state index in [1.807, 2.05) is 6.07 Å². The Morgan fingerprint density at radius 3 is 1.24 bits per heavy atom. The van der Waals surface area contributed by atoms with E-state index in [1.54, 1.807) is 0 Å². The molecule has 4 bridgehead atoms. The molecule has 0 atom stereocenters. The summed E-state index contributed by atoms with van der Waals surface area (Å²) in [4.78, 5) is 5.09. The zero-order valence-electron chi connectivity index (χ0n) is 16.5. The lowest BCUT2D eigenvalue weighted by Crippen LogP contribution is -2.84. The van der Waals surface area contributed by atoms with E-state index in [9.17, 15) is 5.11 Å². The van der Waals surface area contributed by atoms with Crippen molar-refractivity contribution in [3.8, 4) is 0 Å². The Kier molecular flexibility index (Phi) is 3.61. The van der Waals surface area contributed by atoms with Crippen LogP contribution >= 0.6 is 0 Å². The van der Waals surface area contributed by atoms with E-state index >= 15 is 0 Å². The summed E-state index contributed by atoms with van der Waals surface area (Å²) in [5.74, 6) is 0. The highest BCUT2D eigenvalue weighted by Crippen LogP contribution is 2.62. The maximum atomic E-state index is 13.0. The van der Waals surface area contributed by atoms with Crippen molar-refractivity contribution in [1.29, 1.82) is 0 Å². The highest BCUT2D eigenvalue weighted by Gasteiger charge is 2.72. The molecule has 0 saturated carbocycles. The minimum Gasteiger partial charge on any atom is -0.383 e. The van der Waals surface area contributed by atoms with Gasteiger partial charge in [0.2, 0.25) is 0 Å². The molecule has 3 heteroatoms. The van der Waals surface area contributed by atoms with E-state index in [0.717, 1.165) is 38.4 Å². The fraction of sp³-hybridized carbons (Fsp3) is 0.308. The first-order valence-corrected chi connectivity index (χ1v) is 10.5. The SMILES string of the molecule is OC1(c2ccccc2)C2(c3ccccc3)CN3CN(C2)CC1(c1ccccc1)C3. The first-order chi connectivity index (χ1) is 14.2. The summed E-state index contributed by atoms with van der Waals surface area (Å²) < 4.78 is 0. The summed E-state index contributed by atoms with van der Waals surface area (Å²) in [7, 11) is 0. The molecule has 4 aliphatic rings. The average molecular weight is 383 g/mol. The Morgan fingerprint density at radius 2 is 0.862 bits per heavy atom. The van der Waals surface area contributed by atoms with Crippen LogP contribution in [0.3, 0.4) is 0 Å². The van der Waals surface area contributed by atoms with Gasteiger partial charge in [-0.1, -0.05) is 91.0 Å². The molecule has 0 unspecified atom stereocenters. The molecule has 3 aromatic carbocycles. The van der Waals surface area contributed by atoms with Gasteiger partial charge in [-0.3, -0.25) is 9.80 Å². The van der Waals surface area contributed by atoms with Gasteiger partial charge in [-0.2, -0.15) is 0 Å². The molecule has 146 valence electrons. The van der Waals surface area contributed by atoms with E-state index < -0.39 is 5.60 Å². The maximum Gasteiger partial charge on any atom is 0.114 e. The van der Waals surface area contributed by atoms with Gasteiger partial charge in [-0.05, 0) is 16.7 Å². The van der Waals surface area contributed by atoms with Crippen molar-refractivity contribution in [2.24, 2.45) is 0 Å². The summed E-state index contributed by atoms with van der Waals surface area (Å²) in [6.07, 6.45) is 0. The largest absolute Gasteiger partial charge is 0.383 e. The summed E-state index contributed by atoms with van der Waals surface area (Å²) in [5.41, 5.74) is 1.77. The van der Waals surface area contributed by atoms with Crippen molar-refractivity contribution in [3.63, 3.8) is 0 Å². The van der Waals surface area contributed by atoms with Crippen LogP contribution in [-0.4, -0.2) is 47.8 Å². The van der Waals surface area contributed by atoms with Crippen molar-refractivity contribution in [2.75, 3.05) is 32.8 Å². The van der Waals surface area contributed by atoms with Crippen LogP contribution in [0.15, 0.2) is 91.0 Å². The fourth-order valence-corrected chi connectivity index (χ4v) is 6.67. The van der Waals surface area contributed by atoms with Gasteiger partial charge in [0.15, 0.2) is 0 Å². The number of nitrogens with zero attached hydrogens (tertiary/aromatic N) is 2. The molecular weight excluding hydrogens is 356 g/mol. The molecule has 4 fully saturated rings. The van der Waals surface area contributed by atoms with Gasteiger partial charge in [0.1, 0.15) is 5.60 Å². The van der Waals surface area contributed by atoms with Crippen molar-refractivity contribution in [2.45, 2.75) is 16.4 Å². The van der Waals surface area contributed by atoms with Crippen LogP contribution < -0.4 is 0 Å². The Hall–Kier alpha value is -2.46. The smallest absolute Gasteiger partial charge is 0.114 e. The van der Waals surface area contributed by atoms with Gasteiger partial charge in [0, 0.05) is 26.2 Å². The second-order valence-electron chi connectivity index (χ2n) is 9.09. The summed E-state index contributed by atoms with van der Waals surface area (Å²) >= 11 is 0. The van der Waals surface area contributed by atoms with Gasteiger partial charge in [0.05, 0.1) is 17.5 Å². The monoisotopic (exact) mass is 382 g/mol. The van der Waals surface area contributed by atoms with Crippen LogP contribution in [0.2, 0.25) is 0 Å². The molecule has 4 saturated heterocycles. The molecule has 7 rings (SSSR count).